The number of carboxylic acids is 1. The Morgan fingerprint density at radius 2 is 2.04 bits per heavy atom. The summed E-state index contributed by atoms with van der Waals surface area (Å²) in [6.45, 7) is 3.26. The van der Waals surface area contributed by atoms with Crippen molar-refractivity contribution >= 4 is 16.9 Å². The molecule has 1 aliphatic rings. The highest BCUT2D eigenvalue weighted by Crippen LogP contribution is 2.37. The zero-order chi connectivity index (χ0) is 19.5. The smallest absolute Gasteiger partial charge is 0.303 e. The summed E-state index contributed by atoms with van der Waals surface area (Å²) in [5, 5.41) is 10.2. The van der Waals surface area contributed by atoms with E-state index in [1.807, 2.05) is 30.5 Å². The van der Waals surface area contributed by atoms with Crippen molar-refractivity contribution in [2.75, 3.05) is 13.2 Å². The van der Waals surface area contributed by atoms with Crippen LogP contribution in [-0.4, -0.2) is 29.3 Å². The van der Waals surface area contributed by atoms with E-state index >= 15 is 0 Å². The first kappa shape index (κ1) is 18.4. The van der Waals surface area contributed by atoms with Crippen molar-refractivity contribution in [1.82, 2.24) is 4.98 Å². The van der Waals surface area contributed by atoms with Gasteiger partial charge in [0.2, 0.25) is 0 Å². The van der Waals surface area contributed by atoms with Gasteiger partial charge in [-0.25, -0.2) is 0 Å². The number of aliphatic carboxylic acids is 1. The fourth-order valence-electron chi connectivity index (χ4n) is 4.05. The minimum atomic E-state index is -0.732. The summed E-state index contributed by atoms with van der Waals surface area (Å²) in [4.78, 5) is 14.2. The van der Waals surface area contributed by atoms with Crippen LogP contribution in [0.25, 0.3) is 10.9 Å². The van der Waals surface area contributed by atoms with E-state index in [4.69, 9.17) is 14.6 Å². The van der Waals surface area contributed by atoms with Gasteiger partial charge in [0, 0.05) is 29.1 Å². The van der Waals surface area contributed by atoms with Gasteiger partial charge in [-0.2, -0.15) is 0 Å². The molecule has 4 rings (SSSR count). The third-order valence-electron chi connectivity index (χ3n) is 5.51. The Hall–Kier alpha value is -2.95. The standard InChI is InChI=1S/C23H25NO4/c1-15-19-9-10-24-21(19)7-8-22(15)28-12-2-11-27-18-5-6-20-16(13-18)3-4-17(20)14-23(25)26/h5-10,13,17,24H,2-4,11-12,14H2,1H3,(H,25,26)/t17-/m0/s1. The quantitative estimate of drug-likeness (QED) is 0.550. The molecule has 0 radical (unpaired) electrons. The fraction of sp³-hybridized carbons (Fsp3) is 0.348. The van der Waals surface area contributed by atoms with Gasteiger partial charge in [-0.05, 0) is 67.1 Å². The number of H-pyrrole nitrogens is 1. The molecule has 5 heteroatoms. The maximum Gasteiger partial charge on any atom is 0.303 e. The Morgan fingerprint density at radius 3 is 2.89 bits per heavy atom. The Kier molecular flexibility index (Phi) is 5.24. The maximum atomic E-state index is 11.0. The average Bonchev–Trinajstić information content (AvgIpc) is 3.30. The van der Waals surface area contributed by atoms with Crippen molar-refractivity contribution in [3.05, 3.63) is 59.3 Å². The number of carboxylic acid groups (broad SMARTS) is 1. The molecule has 1 heterocycles. The summed E-state index contributed by atoms with van der Waals surface area (Å²) in [7, 11) is 0. The van der Waals surface area contributed by atoms with E-state index in [1.165, 1.54) is 10.9 Å². The molecule has 2 aromatic carbocycles. The van der Waals surface area contributed by atoms with E-state index in [1.54, 1.807) is 0 Å². The van der Waals surface area contributed by atoms with Crippen LogP contribution in [0, 0.1) is 6.92 Å². The molecule has 0 spiro atoms. The van der Waals surface area contributed by atoms with Gasteiger partial charge >= 0.3 is 5.97 Å². The van der Waals surface area contributed by atoms with E-state index < -0.39 is 5.97 Å². The molecule has 0 saturated carbocycles. The molecule has 28 heavy (non-hydrogen) atoms. The highest BCUT2D eigenvalue weighted by molar-refractivity contribution is 5.84. The number of ether oxygens (including phenoxy) is 2. The lowest BCUT2D eigenvalue weighted by molar-refractivity contribution is -0.137. The zero-order valence-electron chi connectivity index (χ0n) is 16.0. The maximum absolute atomic E-state index is 11.0. The minimum Gasteiger partial charge on any atom is -0.493 e. The first-order valence-corrected chi connectivity index (χ1v) is 9.79. The van der Waals surface area contributed by atoms with Crippen LogP contribution < -0.4 is 9.47 Å². The van der Waals surface area contributed by atoms with Gasteiger partial charge in [0.15, 0.2) is 0 Å². The van der Waals surface area contributed by atoms with Gasteiger partial charge in [-0.3, -0.25) is 4.79 Å². The normalized spacial score (nSPS) is 15.5. The first-order chi connectivity index (χ1) is 13.6. The monoisotopic (exact) mass is 379 g/mol. The third kappa shape index (κ3) is 3.84. The van der Waals surface area contributed by atoms with Crippen LogP contribution in [-0.2, 0) is 11.2 Å². The number of aryl methyl sites for hydroxylation is 2. The number of aromatic amines is 1. The Morgan fingerprint density at radius 1 is 1.18 bits per heavy atom. The summed E-state index contributed by atoms with van der Waals surface area (Å²) in [6, 6.07) is 12.1. The van der Waals surface area contributed by atoms with Gasteiger partial charge in [0.25, 0.3) is 0 Å². The van der Waals surface area contributed by atoms with Crippen molar-refractivity contribution in [1.29, 1.82) is 0 Å². The van der Waals surface area contributed by atoms with Crippen molar-refractivity contribution in [2.24, 2.45) is 0 Å². The molecule has 0 aliphatic heterocycles. The second-order valence-electron chi connectivity index (χ2n) is 7.37. The topological polar surface area (TPSA) is 71.6 Å². The predicted molar refractivity (Wildman–Crippen MR) is 108 cm³/mol. The average molecular weight is 379 g/mol. The molecule has 0 fully saturated rings. The second-order valence-corrected chi connectivity index (χ2v) is 7.37. The lowest BCUT2D eigenvalue weighted by Crippen LogP contribution is -2.06. The number of fused-ring (bicyclic) bond motifs is 2. The van der Waals surface area contributed by atoms with Crippen LogP contribution in [0.4, 0.5) is 0 Å². The lowest BCUT2D eigenvalue weighted by Gasteiger charge is -2.12. The molecule has 1 atom stereocenters. The number of carbonyl (C=O) groups is 1. The number of benzene rings is 2. The lowest BCUT2D eigenvalue weighted by atomic mass is 9.98. The van der Waals surface area contributed by atoms with Crippen molar-refractivity contribution in [3.8, 4) is 11.5 Å². The molecule has 146 valence electrons. The molecule has 3 aromatic rings. The van der Waals surface area contributed by atoms with Crippen LogP contribution >= 0.6 is 0 Å². The van der Waals surface area contributed by atoms with Crippen LogP contribution in [0.15, 0.2) is 42.6 Å². The van der Waals surface area contributed by atoms with Crippen LogP contribution in [0.2, 0.25) is 0 Å². The molecule has 0 amide bonds. The van der Waals surface area contributed by atoms with Crippen LogP contribution in [0.3, 0.4) is 0 Å². The highest BCUT2D eigenvalue weighted by Gasteiger charge is 2.24. The molecule has 0 saturated heterocycles. The molecule has 0 unspecified atom stereocenters. The number of hydrogen-bond acceptors (Lipinski definition) is 3. The van der Waals surface area contributed by atoms with Crippen molar-refractivity contribution in [2.45, 2.75) is 38.5 Å². The highest BCUT2D eigenvalue weighted by atomic mass is 16.5. The fourth-order valence-corrected chi connectivity index (χ4v) is 4.05. The Labute approximate surface area is 164 Å². The summed E-state index contributed by atoms with van der Waals surface area (Å²) < 4.78 is 11.8. The molecule has 5 nitrogen and oxygen atoms in total. The predicted octanol–water partition coefficient (Wildman–Crippen LogP) is 4.83. The molecule has 1 aromatic heterocycles. The minimum absolute atomic E-state index is 0.135. The van der Waals surface area contributed by atoms with Crippen LogP contribution in [0.1, 0.15) is 41.9 Å². The van der Waals surface area contributed by atoms with Crippen LogP contribution in [0.5, 0.6) is 11.5 Å². The van der Waals surface area contributed by atoms with Gasteiger partial charge < -0.3 is 19.6 Å². The number of rotatable bonds is 8. The summed E-state index contributed by atoms with van der Waals surface area (Å²) in [5.41, 5.74) is 4.65. The third-order valence-corrected chi connectivity index (χ3v) is 5.51. The SMILES string of the molecule is Cc1c(OCCCOc2ccc3c(c2)CC[C@H]3CC(=O)O)ccc2[nH]ccc12. The van der Waals surface area contributed by atoms with E-state index in [0.29, 0.717) is 13.2 Å². The Balaban J connectivity index is 1.26. The molecule has 2 N–H and O–H groups in total. The zero-order valence-corrected chi connectivity index (χ0v) is 16.0. The molecule has 1 aliphatic carbocycles. The summed E-state index contributed by atoms with van der Waals surface area (Å²) in [5.74, 6) is 1.16. The van der Waals surface area contributed by atoms with E-state index in [2.05, 4.69) is 24.0 Å². The number of aromatic nitrogens is 1. The van der Waals surface area contributed by atoms with Crippen molar-refractivity contribution in [3.63, 3.8) is 0 Å². The molecular formula is C23H25NO4. The van der Waals surface area contributed by atoms with E-state index in [-0.39, 0.29) is 12.3 Å². The van der Waals surface area contributed by atoms with Gasteiger partial charge in [0.1, 0.15) is 11.5 Å². The van der Waals surface area contributed by atoms with E-state index in [9.17, 15) is 4.79 Å². The summed E-state index contributed by atoms with van der Waals surface area (Å²) >= 11 is 0. The van der Waals surface area contributed by atoms with E-state index in [0.717, 1.165) is 47.4 Å². The number of hydrogen-bond donors (Lipinski definition) is 2. The second kappa shape index (κ2) is 7.97. The van der Waals surface area contributed by atoms with Gasteiger partial charge in [-0.15, -0.1) is 0 Å². The molecule has 0 bridgehead atoms. The summed E-state index contributed by atoms with van der Waals surface area (Å²) in [6.07, 6.45) is 4.77. The number of nitrogens with one attached hydrogen (secondary N) is 1. The largest absolute Gasteiger partial charge is 0.493 e. The van der Waals surface area contributed by atoms with Crippen molar-refractivity contribution < 1.29 is 19.4 Å². The van der Waals surface area contributed by atoms with Gasteiger partial charge in [-0.1, -0.05) is 6.07 Å². The molecular weight excluding hydrogens is 354 g/mol. The first-order valence-electron chi connectivity index (χ1n) is 9.79. The Bertz CT molecular complexity index is 991. The van der Waals surface area contributed by atoms with Gasteiger partial charge in [0.05, 0.1) is 19.6 Å².